The Balaban J connectivity index is 1.72. The molecule has 0 aliphatic rings. The number of hydrogen-bond donors (Lipinski definition) is 1. The van der Waals surface area contributed by atoms with Gasteiger partial charge in [0.25, 0.3) is 5.91 Å². The summed E-state index contributed by atoms with van der Waals surface area (Å²) in [7, 11) is 1.64. The maximum Gasteiger partial charge on any atom is 0.257 e. The average molecular weight is 387 g/mol. The molecule has 28 heavy (non-hydrogen) atoms. The lowest BCUT2D eigenvalue weighted by atomic mass is 10.1. The van der Waals surface area contributed by atoms with Gasteiger partial charge in [-0.25, -0.2) is 4.98 Å². The molecule has 138 valence electrons. The van der Waals surface area contributed by atoms with Crippen molar-refractivity contribution >= 4 is 22.4 Å². The zero-order valence-electron chi connectivity index (χ0n) is 15.1. The number of carbonyl (C=O) groups excluding carboxylic acids is 1. The molecule has 0 unspecified atom stereocenters. The topological polar surface area (TPSA) is 64.1 Å². The summed E-state index contributed by atoms with van der Waals surface area (Å²) in [5, 5.41) is 3.44. The van der Waals surface area contributed by atoms with Gasteiger partial charge in [0.2, 0.25) is 0 Å². The summed E-state index contributed by atoms with van der Waals surface area (Å²) in [4.78, 5) is 22.1. The van der Waals surface area contributed by atoms with Gasteiger partial charge in [0.05, 0.1) is 17.7 Å². The van der Waals surface area contributed by atoms with Crippen molar-refractivity contribution in [2.75, 3.05) is 12.4 Å². The van der Waals surface area contributed by atoms with Crippen LogP contribution in [-0.2, 0) is 0 Å². The van der Waals surface area contributed by atoms with E-state index in [0.717, 1.165) is 27.4 Å². The number of carbonyl (C=O) groups is 1. The van der Waals surface area contributed by atoms with Gasteiger partial charge in [0, 0.05) is 23.5 Å². The number of rotatable bonds is 5. The van der Waals surface area contributed by atoms with Crippen LogP contribution in [0.15, 0.2) is 79.1 Å². The SMILES string of the molecule is COc1ccc(-c2sc(NC(=O)c3ccncc3)nc2-c2ccccc2)cc1. The first-order valence-electron chi connectivity index (χ1n) is 8.66. The van der Waals surface area contributed by atoms with Crippen LogP contribution in [0, 0.1) is 0 Å². The summed E-state index contributed by atoms with van der Waals surface area (Å²) >= 11 is 1.44. The van der Waals surface area contributed by atoms with Crippen LogP contribution in [0.25, 0.3) is 21.7 Å². The van der Waals surface area contributed by atoms with E-state index in [1.807, 2.05) is 54.6 Å². The van der Waals surface area contributed by atoms with Crippen molar-refractivity contribution in [2.45, 2.75) is 0 Å². The minimum absolute atomic E-state index is 0.211. The Morgan fingerprint density at radius 2 is 1.64 bits per heavy atom. The van der Waals surface area contributed by atoms with Crippen LogP contribution < -0.4 is 10.1 Å². The maximum atomic E-state index is 12.5. The molecule has 4 rings (SSSR count). The molecule has 6 heteroatoms. The predicted molar refractivity (Wildman–Crippen MR) is 112 cm³/mol. The molecule has 2 heterocycles. The van der Waals surface area contributed by atoms with Crippen molar-refractivity contribution < 1.29 is 9.53 Å². The van der Waals surface area contributed by atoms with Gasteiger partial charge in [-0.15, -0.1) is 0 Å². The molecular weight excluding hydrogens is 370 g/mol. The van der Waals surface area contributed by atoms with E-state index >= 15 is 0 Å². The minimum atomic E-state index is -0.211. The molecule has 2 aromatic carbocycles. The Morgan fingerprint density at radius 1 is 0.929 bits per heavy atom. The quantitative estimate of drug-likeness (QED) is 0.515. The second-order valence-corrected chi connectivity index (χ2v) is 6.98. The van der Waals surface area contributed by atoms with Crippen LogP contribution in [0.4, 0.5) is 5.13 Å². The summed E-state index contributed by atoms with van der Waals surface area (Å²) < 4.78 is 5.25. The summed E-state index contributed by atoms with van der Waals surface area (Å²) in [6.45, 7) is 0. The third-order valence-corrected chi connectivity index (χ3v) is 5.21. The number of ether oxygens (including phenoxy) is 1. The van der Waals surface area contributed by atoms with Crippen LogP contribution in [0.3, 0.4) is 0 Å². The standard InChI is InChI=1S/C22H17N3O2S/c1-27-18-9-7-16(8-10-18)20-19(15-5-3-2-4-6-15)24-22(28-20)25-21(26)17-11-13-23-14-12-17/h2-14H,1H3,(H,24,25,26). The Hall–Kier alpha value is -3.51. The highest BCUT2D eigenvalue weighted by Gasteiger charge is 2.17. The number of aromatic nitrogens is 2. The first-order chi connectivity index (χ1) is 13.7. The lowest BCUT2D eigenvalue weighted by Crippen LogP contribution is -2.11. The molecule has 0 aliphatic heterocycles. The molecule has 0 radical (unpaired) electrons. The summed E-state index contributed by atoms with van der Waals surface area (Å²) in [5.74, 6) is 0.581. The Labute approximate surface area is 166 Å². The van der Waals surface area contributed by atoms with E-state index in [4.69, 9.17) is 9.72 Å². The van der Waals surface area contributed by atoms with Gasteiger partial charge >= 0.3 is 0 Å². The van der Waals surface area contributed by atoms with E-state index in [1.165, 1.54) is 11.3 Å². The summed E-state index contributed by atoms with van der Waals surface area (Å²) in [6, 6.07) is 21.1. The van der Waals surface area contributed by atoms with Crippen LogP contribution in [0.1, 0.15) is 10.4 Å². The Bertz CT molecular complexity index is 1080. The Kier molecular flexibility index (Phi) is 5.12. The number of nitrogens with zero attached hydrogens (tertiary/aromatic N) is 2. The second-order valence-electron chi connectivity index (χ2n) is 5.98. The van der Waals surface area contributed by atoms with Gasteiger partial charge in [-0.05, 0) is 42.0 Å². The van der Waals surface area contributed by atoms with E-state index in [9.17, 15) is 4.79 Å². The monoisotopic (exact) mass is 387 g/mol. The van der Waals surface area contributed by atoms with Gasteiger partial charge in [-0.1, -0.05) is 41.7 Å². The lowest BCUT2D eigenvalue weighted by molar-refractivity contribution is 0.102. The largest absolute Gasteiger partial charge is 0.497 e. The predicted octanol–water partition coefficient (Wildman–Crippen LogP) is 5.13. The fourth-order valence-corrected chi connectivity index (χ4v) is 3.76. The van der Waals surface area contributed by atoms with Crippen LogP contribution >= 0.6 is 11.3 Å². The van der Waals surface area contributed by atoms with Gasteiger partial charge in [-0.3, -0.25) is 15.1 Å². The zero-order valence-corrected chi connectivity index (χ0v) is 15.9. The minimum Gasteiger partial charge on any atom is -0.497 e. The number of hydrogen-bond acceptors (Lipinski definition) is 5. The fourth-order valence-electron chi connectivity index (χ4n) is 2.78. The smallest absolute Gasteiger partial charge is 0.257 e. The molecule has 0 saturated heterocycles. The van der Waals surface area contributed by atoms with Crippen molar-refractivity contribution in [1.29, 1.82) is 0 Å². The molecule has 0 spiro atoms. The van der Waals surface area contributed by atoms with E-state index in [1.54, 1.807) is 31.6 Å². The molecule has 0 bridgehead atoms. The molecule has 0 saturated carbocycles. The molecule has 2 aromatic heterocycles. The van der Waals surface area contributed by atoms with Crippen LogP contribution in [-0.4, -0.2) is 23.0 Å². The highest BCUT2D eigenvalue weighted by molar-refractivity contribution is 7.19. The number of thiazole rings is 1. The summed E-state index contributed by atoms with van der Waals surface area (Å²) in [6.07, 6.45) is 3.18. The van der Waals surface area contributed by atoms with Crippen molar-refractivity contribution in [3.8, 4) is 27.4 Å². The van der Waals surface area contributed by atoms with Gasteiger partial charge in [0.15, 0.2) is 5.13 Å². The normalized spacial score (nSPS) is 10.5. The number of methoxy groups -OCH3 is 1. The van der Waals surface area contributed by atoms with E-state index in [-0.39, 0.29) is 5.91 Å². The number of benzene rings is 2. The molecule has 4 aromatic rings. The van der Waals surface area contributed by atoms with Crippen LogP contribution in [0.5, 0.6) is 5.75 Å². The molecule has 0 atom stereocenters. The molecule has 0 fully saturated rings. The maximum absolute atomic E-state index is 12.5. The van der Waals surface area contributed by atoms with Crippen molar-refractivity contribution in [3.05, 3.63) is 84.7 Å². The molecule has 0 aliphatic carbocycles. The molecule has 5 nitrogen and oxygen atoms in total. The molecular formula is C22H17N3O2S. The summed E-state index contributed by atoms with van der Waals surface area (Å²) in [5.41, 5.74) is 3.38. The number of amides is 1. The second kappa shape index (κ2) is 8.02. The highest BCUT2D eigenvalue weighted by atomic mass is 32.1. The number of pyridine rings is 1. The third-order valence-electron chi connectivity index (χ3n) is 4.19. The number of nitrogens with one attached hydrogen (secondary N) is 1. The van der Waals surface area contributed by atoms with E-state index in [2.05, 4.69) is 10.3 Å². The van der Waals surface area contributed by atoms with Gasteiger partial charge in [-0.2, -0.15) is 0 Å². The van der Waals surface area contributed by atoms with Crippen molar-refractivity contribution in [3.63, 3.8) is 0 Å². The fraction of sp³-hybridized carbons (Fsp3) is 0.0455. The van der Waals surface area contributed by atoms with Crippen LogP contribution in [0.2, 0.25) is 0 Å². The molecule has 1 N–H and O–H groups in total. The van der Waals surface area contributed by atoms with Crippen molar-refractivity contribution in [1.82, 2.24) is 9.97 Å². The van der Waals surface area contributed by atoms with Gasteiger partial charge in [0.1, 0.15) is 5.75 Å². The average Bonchev–Trinajstić information content (AvgIpc) is 3.19. The first kappa shape index (κ1) is 17.9. The zero-order chi connectivity index (χ0) is 19.3. The molecule has 1 amide bonds. The van der Waals surface area contributed by atoms with Gasteiger partial charge < -0.3 is 4.74 Å². The van der Waals surface area contributed by atoms with Crippen molar-refractivity contribution in [2.24, 2.45) is 0 Å². The van der Waals surface area contributed by atoms with E-state index < -0.39 is 0 Å². The number of anilines is 1. The lowest BCUT2D eigenvalue weighted by Gasteiger charge is -2.04. The van der Waals surface area contributed by atoms with E-state index in [0.29, 0.717) is 10.7 Å². The Morgan fingerprint density at radius 3 is 2.32 bits per heavy atom. The highest BCUT2D eigenvalue weighted by Crippen LogP contribution is 2.39. The first-order valence-corrected chi connectivity index (χ1v) is 9.48. The third kappa shape index (κ3) is 3.77.